The lowest BCUT2D eigenvalue weighted by molar-refractivity contribution is -0.167. The highest BCUT2D eigenvalue weighted by atomic mass is 19.3. The van der Waals surface area contributed by atoms with Gasteiger partial charge in [-0.15, -0.1) is 0 Å². The number of ether oxygens (including phenoxy) is 1. The molecule has 2 heterocycles. The standard InChI is InChI=1S/C31H35F3N4O6/c1-5-36(4)26(18(2)3)29(42)44-17-38-25(39)13-12-24(28(38)41)37-16-20-14-19(6-11-23(20)27(37)40)15-35-30(43)31(33,34)21-7-9-22(32)10-8-21/h6-11,14,18,24,26H,5,12-13,15-17H2,1-4H3,(H,35,43). The lowest BCUT2D eigenvalue weighted by Gasteiger charge is -2.35. The van der Waals surface area contributed by atoms with Crippen molar-refractivity contribution in [1.82, 2.24) is 20.0 Å². The summed E-state index contributed by atoms with van der Waals surface area (Å²) in [6.45, 7) is 5.41. The molecule has 0 saturated carbocycles. The summed E-state index contributed by atoms with van der Waals surface area (Å²) in [6, 6.07) is 6.40. The topological polar surface area (TPSA) is 116 Å². The van der Waals surface area contributed by atoms with E-state index in [-0.39, 0.29) is 31.8 Å². The van der Waals surface area contributed by atoms with Gasteiger partial charge in [0.1, 0.15) is 17.9 Å². The van der Waals surface area contributed by atoms with Crippen LogP contribution < -0.4 is 5.32 Å². The Labute approximate surface area is 253 Å². The highest BCUT2D eigenvalue weighted by Gasteiger charge is 2.44. The third kappa shape index (κ3) is 6.62. The SMILES string of the molecule is CCN(C)C(C(=O)OCN1C(=O)CCC(N2Cc3cc(CNC(=O)C(F)(F)c4ccc(F)cc4)ccc3C2=O)C1=O)C(C)C. The Morgan fingerprint density at radius 3 is 2.43 bits per heavy atom. The number of hydrogen-bond donors (Lipinski definition) is 1. The van der Waals surface area contributed by atoms with Crippen molar-refractivity contribution in [2.24, 2.45) is 5.92 Å². The van der Waals surface area contributed by atoms with Crippen LogP contribution in [0.3, 0.4) is 0 Å². The molecule has 44 heavy (non-hydrogen) atoms. The number of hydrogen-bond acceptors (Lipinski definition) is 7. The molecule has 0 spiro atoms. The zero-order valence-electron chi connectivity index (χ0n) is 24.9. The number of fused-ring (bicyclic) bond motifs is 1. The van der Waals surface area contributed by atoms with Crippen molar-refractivity contribution < 1.29 is 41.9 Å². The van der Waals surface area contributed by atoms with E-state index in [9.17, 15) is 37.1 Å². The molecule has 2 atom stereocenters. The van der Waals surface area contributed by atoms with Gasteiger partial charge in [0.05, 0.1) is 0 Å². The molecule has 236 valence electrons. The first-order valence-electron chi connectivity index (χ1n) is 14.3. The summed E-state index contributed by atoms with van der Waals surface area (Å²) in [6.07, 6.45) is 0.0620. The van der Waals surface area contributed by atoms with Gasteiger partial charge in [0.25, 0.3) is 17.7 Å². The van der Waals surface area contributed by atoms with E-state index in [1.165, 1.54) is 17.0 Å². The maximum absolute atomic E-state index is 14.6. The number of benzene rings is 2. The Bertz CT molecular complexity index is 1450. The molecule has 2 aromatic carbocycles. The van der Waals surface area contributed by atoms with Crippen LogP contribution in [0.5, 0.6) is 0 Å². The van der Waals surface area contributed by atoms with Crippen molar-refractivity contribution in [3.8, 4) is 0 Å². The third-order valence-electron chi connectivity index (χ3n) is 7.99. The molecule has 4 amide bonds. The van der Waals surface area contributed by atoms with Gasteiger partial charge in [0.2, 0.25) is 5.91 Å². The molecular formula is C31H35F3N4O6. The van der Waals surface area contributed by atoms with Crippen molar-refractivity contribution in [2.75, 3.05) is 20.3 Å². The van der Waals surface area contributed by atoms with Gasteiger partial charge in [-0.1, -0.05) is 32.9 Å². The van der Waals surface area contributed by atoms with Crippen LogP contribution in [-0.2, 0) is 42.9 Å². The number of likely N-dealkylation sites (N-methyl/N-ethyl adjacent to an activating group) is 1. The highest BCUT2D eigenvalue weighted by Crippen LogP contribution is 2.31. The van der Waals surface area contributed by atoms with Crippen LogP contribution in [0.15, 0.2) is 42.5 Å². The van der Waals surface area contributed by atoms with Gasteiger partial charge in [0.15, 0.2) is 6.73 Å². The molecule has 0 aromatic heterocycles. The van der Waals surface area contributed by atoms with Crippen LogP contribution in [0.2, 0.25) is 0 Å². The summed E-state index contributed by atoms with van der Waals surface area (Å²) in [5, 5.41) is 2.17. The lowest BCUT2D eigenvalue weighted by Crippen LogP contribution is -2.55. The van der Waals surface area contributed by atoms with Crippen LogP contribution in [0.25, 0.3) is 0 Å². The molecule has 2 aromatic rings. The van der Waals surface area contributed by atoms with Crippen LogP contribution in [0, 0.1) is 11.7 Å². The van der Waals surface area contributed by atoms with Crippen molar-refractivity contribution in [1.29, 1.82) is 0 Å². The second-order valence-electron chi connectivity index (χ2n) is 11.3. The maximum atomic E-state index is 14.6. The predicted octanol–water partition coefficient (Wildman–Crippen LogP) is 3.18. The molecule has 2 unspecified atom stereocenters. The molecule has 1 fully saturated rings. The minimum atomic E-state index is -3.89. The fraction of sp³-hybridized carbons (Fsp3) is 0.452. The molecule has 0 bridgehead atoms. The van der Waals surface area contributed by atoms with E-state index in [2.05, 4.69) is 5.32 Å². The molecule has 0 aliphatic carbocycles. The van der Waals surface area contributed by atoms with Crippen LogP contribution >= 0.6 is 0 Å². The summed E-state index contributed by atoms with van der Waals surface area (Å²) in [5.41, 5.74) is 0.620. The van der Waals surface area contributed by atoms with Gasteiger partial charge in [-0.2, -0.15) is 8.78 Å². The van der Waals surface area contributed by atoms with E-state index in [1.54, 1.807) is 13.1 Å². The Kier molecular flexibility index (Phi) is 9.77. The zero-order valence-corrected chi connectivity index (χ0v) is 24.9. The number of amides is 4. The van der Waals surface area contributed by atoms with Crippen molar-refractivity contribution in [3.63, 3.8) is 0 Å². The predicted molar refractivity (Wildman–Crippen MR) is 151 cm³/mol. The van der Waals surface area contributed by atoms with Gasteiger partial charge >= 0.3 is 11.9 Å². The number of piperidine rings is 1. The van der Waals surface area contributed by atoms with E-state index >= 15 is 0 Å². The molecule has 1 saturated heterocycles. The number of halogens is 3. The largest absolute Gasteiger partial charge is 0.443 e. The summed E-state index contributed by atoms with van der Waals surface area (Å²) in [7, 11) is 1.78. The second kappa shape index (κ2) is 13.2. The third-order valence-corrected chi connectivity index (χ3v) is 7.99. The first-order valence-corrected chi connectivity index (χ1v) is 14.3. The molecule has 4 rings (SSSR count). The second-order valence-corrected chi connectivity index (χ2v) is 11.3. The number of likely N-dealkylation sites (tertiary alicyclic amines) is 1. The number of esters is 1. The van der Waals surface area contributed by atoms with E-state index in [0.29, 0.717) is 23.2 Å². The fourth-order valence-electron chi connectivity index (χ4n) is 5.46. The first-order chi connectivity index (χ1) is 20.8. The van der Waals surface area contributed by atoms with Crippen LogP contribution in [-0.4, -0.2) is 76.7 Å². The summed E-state index contributed by atoms with van der Waals surface area (Å²) >= 11 is 0. The number of carbonyl (C=O) groups excluding carboxylic acids is 5. The van der Waals surface area contributed by atoms with Crippen molar-refractivity contribution in [3.05, 3.63) is 70.5 Å². The Balaban J connectivity index is 1.40. The minimum absolute atomic E-state index is 0.0244. The van der Waals surface area contributed by atoms with Crippen molar-refractivity contribution in [2.45, 2.75) is 64.7 Å². The normalized spacial score (nSPS) is 17.8. The molecule has 2 aliphatic rings. The summed E-state index contributed by atoms with van der Waals surface area (Å²) in [4.78, 5) is 68.3. The molecule has 2 aliphatic heterocycles. The fourth-order valence-corrected chi connectivity index (χ4v) is 5.46. The monoisotopic (exact) mass is 616 g/mol. The van der Waals surface area contributed by atoms with E-state index in [4.69, 9.17) is 4.74 Å². The number of nitrogens with zero attached hydrogens (tertiary/aromatic N) is 3. The number of alkyl halides is 2. The molecule has 0 radical (unpaired) electrons. The maximum Gasteiger partial charge on any atom is 0.349 e. The van der Waals surface area contributed by atoms with E-state index in [1.807, 2.05) is 25.7 Å². The summed E-state index contributed by atoms with van der Waals surface area (Å²) < 4.78 is 47.6. The van der Waals surface area contributed by atoms with Gasteiger partial charge in [-0.05, 0) is 67.4 Å². The first kappa shape index (κ1) is 32.6. The number of nitrogens with one attached hydrogen (secondary N) is 1. The quantitative estimate of drug-likeness (QED) is 0.305. The minimum Gasteiger partial charge on any atom is -0.443 e. The summed E-state index contributed by atoms with van der Waals surface area (Å²) in [5.74, 6) is -8.41. The van der Waals surface area contributed by atoms with Gasteiger partial charge in [-0.25, -0.2) is 9.29 Å². The van der Waals surface area contributed by atoms with Gasteiger partial charge in [-0.3, -0.25) is 28.9 Å². The number of imide groups is 1. The number of rotatable bonds is 11. The molecule has 10 nitrogen and oxygen atoms in total. The van der Waals surface area contributed by atoms with Crippen LogP contribution in [0.4, 0.5) is 13.2 Å². The van der Waals surface area contributed by atoms with E-state index < -0.39 is 65.7 Å². The Morgan fingerprint density at radius 2 is 1.80 bits per heavy atom. The van der Waals surface area contributed by atoms with E-state index in [0.717, 1.165) is 29.2 Å². The average Bonchev–Trinajstić information content (AvgIpc) is 3.30. The van der Waals surface area contributed by atoms with Crippen molar-refractivity contribution >= 4 is 29.6 Å². The highest BCUT2D eigenvalue weighted by molar-refractivity contribution is 6.05. The molecule has 13 heteroatoms. The smallest absolute Gasteiger partial charge is 0.349 e. The molecular weight excluding hydrogens is 581 g/mol. The molecule has 1 N–H and O–H groups in total. The number of carbonyl (C=O) groups is 5. The average molecular weight is 617 g/mol. The van der Waals surface area contributed by atoms with Gasteiger partial charge < -0.3 is 15.0 Å². The van der Waals surface area contributed by atoms with Gasteiger partial charge in [0, 0.05) is 30.6 Å². The zero-order chi connectivity index (χ0) is 32.3. The Hall–Kier alpha value is -4.26. The van der Waals surface area contributed by atoms with Crippen LogP contribution in [0.1, 0.15) is 60.7 Å². The lowest BCUT2D eigenvalue weighted by atomic mass is 10.0. The Morgan fingerprint density at radius 1 is 1.11 bits per heavy atom.